The molecule has 1 unspecified atom stereocenters. The van der Waals surface area contributed by atoms with Crippen molar-refractivity contribution in [3.05, 3.63) is 35.9 Å². The fraction of sp³-hybridized carbons (Fsp3) is 0.471. The fourth-order valence-corrected chi connectivity index (χ4v) is 2.55. The molecule has 3 atom stereocenters. The van der Waals surface area contributed by atoms with Crippen LogP contribution in [0.1, 0.15) is 19.4 Å². The van der Waals surface area contributed by atoms with Gasteiger partial charge < -0.3 is 20.1 Å². The summed E-state index contributed by atoms with van der Waals surface area (Å²) in [5, 5.41) is 4.33. The number of carbonyl (C=O) groups is 3. The first kappa shape index (κ1) is 22.4. The maximum Gasteiger partial charge on any atom is 0.430 e. The number of hydrogen-bond donors (Lipinski definition) is 2. The summed E-state index contributed by atoms with van der Waals surface area (Å²) in [6.07, 6.45) is -5.10. The number of esters is 1. The van der Waals surface area contributed by atoms with E-state index in [4.69, 9.17) is 0 Å². The molecule has 0 radical (unpaired) electrons. The number of rotatable bonds is 7. The van der Waals surface area contributed by atoms with Crippen LogP contribution in [0.2, 0.25) is 0 Å². The molecule has 150 valence electrons. The summed E-state index contributed by atoms with van der Waals surface area (Å²) in [6, 6.07) is 3.77. The van der Waals surface area contributed by atoms with Crippen LogP contribution in [-0.4, -0.2) is 50.3 Å². The van der Waals surface area contributed by atoms with Gasteiger partial charge in [0.25, 0.3) is 11.5 Å². The van der Waals surface area contributed by atoms with E-state index in [1.54, 1.807) is 0 Å². The van der Waals surface area contributed by atoms with Gasteiger partial charge in [-0.15, -0.1) is 0 Å². The average molecular weight is 390 g/mol. The molecule has 7 nitrogen and oxygen atoms in total. The predicted molar refractivity (Wildman–Crippen MR) is 88.4 cm³/mol. The Morgan fingerprint density at radius 3 is 2.00 bits per heavy atom. The normalized spacial score (nSPS) is 15.8. The zero-order valence-corrected chi connectivity index (χ0v) is 15.2. The summed E-state index contributed by atoms with van der Waals surface area (Å²) in [6.45, 7) is 2.38. The standard InChI is InChI=1S/C17H21F3N2O5/c1-10(13(14(24)26-3)22-11(2)23)21-15(25)16(27-4,17(18,19)20)12-8-6-5-7-9-12/h5-10,13H,1-4H3,(H,21,25)(H,22,23)/t10-,13+,16?/m1/s1. The summed E-state index contributed by atoms with van der Waals surface area (Å²) in [5.74, 6) is -3.08. The van der Waals surface area contributed by atoms with Crippen LogP contribution in [-0.2, 0) is 29.5 Å². The highest BCUT2D eigenvalue weighted by Crippen LogP contribution is 2.42. The van der Waals surface area contributed by atoms with E-state index in [0.29, 0.717) is 0 Å². The van der Waals surface area contributed by atoms with Gasteiger partial charge in [0.05, 0.1) is 13.2 Å². The van der Waals surface area contributed by atoms with E-state index in [9.17, 15) is 27.6 Å². The van der Waals surface area contributed by atoms with Gasteiger partial charge in [-0.1, -0.05) is 30.3 Å². The van der Waals surface area contributed by atoms with Crippen LogP contribution < -0.4 is 10.6 Å². The number of hydrogen-bond acceptors (Lipinski definition) is 5. The summed E-state index contributed by atoms with van der Waals surface area (Å²) < 4.78 is 50.7. The van der Waals surface area contributed by atoms with E-state index in [2.05, 4.69) is 20.1 Å². The molecule has 1 aromatic rings. The van der Waals surface area contributed by atoms with Crippen LogP contribution in [0.25, 0.3) is 0 Å². The van der Waals surface area contributed by atoms with Crippen LogP contribution in [0.15, 0.2) is 30.3 Å². The number of carbonyl (C=O) groups excluding carboxylic acids is 3. The molecule has 0 spiro atoms. The summed E-state index contributed by atoms with van der Waals surface area (Å²) >= 11 is 0. The molecule has 0 bridgehead atoms. The maximum absolute atomic E-state index is 13.9. The van der Waals surface area contributed by atoms with E-state index in [1.807, 2.05) is 0 Å². The molecule has 0 fully saturated rings. The molecule has 0 saturated heterocycles. The Morgan fingerprint density at radius 1 is 1.04 bits per heavy atom. The highest BCUT2D eigenvalue weighted by Gasteiger charge is 2.63. The molecule has 10 heteroatoms. The third kappa shape index (κ3) is 4.76. The number of amides is 2. The fourth-order valence-electron chi connectivity index (χ4n) is 2.55. The predicted octanol–water partition coefficient (Wildman–Crippen LogP) is 1.27. The van der Waals surface area contributed by atoms with Gasteiger partial charge in [-0.05, 0) is 6.92 Å². The largest absolute Gasteiger partial charge is 0.467 e. The van der Waals surface area contributed by atoms with Crippen molar-refractivity contribution in [2.75, 3.05) is 14.2 Å². The smallest absolute Gasteiger partial charge is 0.430 e. The van der Waals surface area contributed by atoms with Gasteiger partial charge in [0.1, 0.15) is 6.04 Å². The lowest BCUT2D eigenvalue weighted by atomic mass is 9.91. The molecule has 1 rings (SSSR count). The van der Waals surface area contributed by atoms with Crippen molar-refractivity contribution in [2.24, 2.45) is 0 Å². The van der Waals surface area contributed by atoms with Crippen molar-refractivity contribution in [3.8, 4) is 0 Å². The highest BCUT2D eigenvalue weighted by atomic mass is 19.4. The topological polar surface area (TPSA) is 93.7 Å². The van der Waals surface area contributed by atoms with Crippen molar-refractivity contribution >= 4 is 17.8 Å². The maximum atomic E-state index is 13.9. The minimum absolute atomic E-state index is 0.432. The lowest BCUT2D eigenvalue weighted by Crippen LogP contribution is -2.61. The third-order valence-corrected chi connectivity index (χ3v) is 3.88. The highest BCUT2D eigenvalue weighted by molar-refractivity contribution is 5.89. The lowest BCUT2D eigenvalue weighted by molar-refractivity contribution is -0.266. The van der Waals surface area contributed by atoms with Crippen molar-refractivity contribution in [3.63, 3.8) is 0 Å². The zero-order chi connectivity index (χ0) is 20.8. The van der Waals surface area contributed by atoms with Gasteiger partial charge in [0, 0.05) is 19.6 Å². The third-order valence-electron chi connectivity index (χ3n) is 3.88. The van der Waals surface area contributed by atoms with E-state index in [0.717, 1.165) is 33.3 Å². The molecule has 0 aromatic heterocycles. The Balaban J connectivity index is 3.27. The summed E-state index contributed by atoms with van der Waals surface area (Å²) in [4.78, 5) is 35.7. The lowest BCUT2D eigenvalue weighted by Gasteiger charge is -2.35. The minimum Gasteiger partial charge on any atom is -0.467 e. The van der Waals surface area contributed by atoms with E-state index < -0.39 is 47.2 Å². The summed E-state index contributed by atoms with van der Waals surface area (Å²) in [7, 11) is 1.81. The molecule has 27 heavy (non-hydrogen) atoms. The van der Waals surface area contributed by atoms with Crippen LogP contribution in [0.3, 0.4) is 0 Å². The Bertz CT molecular complexity index is 681. The molecule has 2 amide bonds. The number of halogens is 3. The SMILES string of the molecule is COC(=O)[C@@H](NC(C)=O)[C@@H](C)NC(=O)C(OC)(c1ccccc1)C(F)(F)F. The van der Waals surface area contributed by atoms with Crippen molar-refractivity contribution in [2.45, 2.75) is 37.7 Å². The second-order valence-corrected chi connectivity index (χ2v) is 5.71. The molecule has 0 aliphatic heterocycles. The molecular formula is C17H21F3N2O5. The van der Waals surface area contributed by atoms with E-state index in [-0.39, 0.29) is 0 Å². The first-order valence-electron chi connectivity index (χ1n) is 7.84. The van der Waals surface area contributed by atoms with Crippen molar-refractivity contribution in [1.29, 1.82) is 0 Å². The Kier molecular flexibility index (Phi) is 7.35. The summed E-state index contributed by atoms with van der Waals surface area (Å²) in [5.41, 5.74) is -3.72. The molecule has 0 aliphatic rings. The molecular weight excluding hydrogens is 369 g/mol. The first-order chi connectivity index (χ1) is 12.5. The van der Waals surface area contributed by atoms with E-state index >= 15 is 0 Å². The van der Waals surface area contributed by atoms with Crippen molar-refractivity contribution < 1.29 is 37.0 Å². The molecule has 1 aromatic carbocycles. The monoisotopic (exact) mass is 390 g/mol. The van der Waals surface area contributed by atoms with Crippen LogP contribution in [0, 0.1) is 0 Å². The van der Waals surface area contributed by atoms with Gasteiger partial charge in [0.15, 0.2) is 0 Å². The van der Waals surface area contributed by atoms with Gasteiger partial charge in [-0.25, -0.2) is 4.79 Å². The molecule has 2 N–H and O–H groups in total. The Hall–Kier alpha value is -2.62. The number of nitrogens with one attached hydrogen (secondary N) is 2. The van der Waals surface area contributed by atoms with Crippen molar-refractivity contribution in [1.82, 2.24) is 10.6 Å². The van der Waals surface area contributed by atoms with Gasteiger partial charge in [0.2, 0.25) is 5.91 Å². The van der Waals surface area contributed by atoms with Crippen LogP contribution in [0.5, 0.6) is 0 Å². The number of ether oxygens (including phenoxy) is 2. The van der Waals surface area contributed by atoms with Crippen LogP contribution >= 0.6 is 0 Å². The molecule has 0 aliphatic carbocycles. The number of alkyl halides is 3. The van der Waals surface area contributed by atoms with E-state index in [1.165, 1.54) is 25.1 Å². The van der Waals surface area contributed by atoms with Gasteiger partial charge in [-0.3, -0.25) is 9.59 Å². The second-order valence-electron chi connectivity index (χ2n) is 5.71. The molecule has 0 heterocycles. The van der Waals surface area contributed by atoms with Crippen LogP contribution in [0.4, 0.5) is 13.2 Å². The zero-order valence-electron chi connectivity index (χ0n) is 15.2. The first-order valence-corrected chi connectivity index (χ1v) is 7.84. The van der Waals surface area contributed by atoms with Gasteiger partial charge in [-0.2, -0.15) is 13.2 Å². The van der Waals surface area contributed by atoms with Gasteiger partial charge >= 0.3 is 12.1 Å². The quantitative estimate of drug-likeness (QED) is 0.684. The molecule has 0 saturated carbocycles. The number of benzene rings is 1. The number of methoxy groups -OCH3 is 2. The minimum atomic E-state index is -5.10. The Labute approximate surface area is 154 Å². The Morgan fingerprint density at radius 2 is 1.59 bits per heavy atom. The average Bonchev–Trinajstić information content (AvgIpc) is 2.59. The second kappa shape index (κ2) is 8.85.